The molecule has 622 valence electrons. The summed E-state index contributed by atoms with van der Waals surface area (Å²) < 4.78 is 19.3. The average Bonchev–Trinajstić information content (AvgIpc) is 1.55. The summed E-state index contributed by atoms with van der Waals surface area (Å²) in [4.78, 5) is 7.07. The van der Waals surface area contributed by atoms with Crippen LogP contribution in [-0.2, 0) is 0 Å². The smallest absolute Gasteiger partial charge is 0.188 e. The van der Waals surface area contributed by atoms with Gasteiger partial charge in [-0.3, -0.25) is 4.57 Å². The summed E-state index contributed by atoms with van der Waals surface area (Å²) in [6, 6.07) is 119. The van der Waals surface area contributed by atoms with Crippen LogP contribution < -0.4 is 0 Å². The summed E-state index contributed by atoms with van der Waals surface area (Å²) in [6.07, 6.45) is 0. The molecular weight excluding hydrogens is 1530 g/mol. The van der Waals surface area contributed by atoms with Crippen LogP contribution in [-0.4, -0.2) is 36.5 Å². The standard InChI is InChI=1S/C27H22N2.C23H20N2.C17H16N2.C17H19N.C16H14N2.C16H17N/c1-18(2)28-22-14-8-6-12-20(22)26-24(28)16-17-25-27(26)21-13-7-9-15-23(21)29(25)19-10-4-3-5-11-19;1-16(2)24-20-14-8-6-12-18(20)22-19-13-7-9-15-21(19)25(23(22)24)17-10-4-3-5-11-17;1-11(2)19-16-7-5-12(3)9-14(16)15-10-13(18-4)6-8-17(15)19;1-11(2)18-16-7-5-12(3)9-14(16)15-10-13(4)6-8-17(15)18;1-11(2)18-15-7-5-4-6-13(15)14-10-12(17-3)8-9-16(14)18;1-11(2)17-15-7-5-4-6-13(15)14-10-12(3)8-9-16(14)17/h3-18H,1-2H3;3-16H,1-2H3;5-11H,1-3H3;5-11H,1-4H3;4-11H,1-2H3;4-11H,1-3H3. The van der Waals surface area contributed by atoms with Crippen molar-refractivity contribution >= 4 is 175 Å². The highest BCUT2D eigenvalue weighted by Crippen LogP contribution is 2.46. The molecule has 23 rings (SSSR count). The van der Waals surface area contributed by atoms with E-state index in [4.69, 9.17) is 13.1 Å². The van der Waals surface area contributed by atoms with Gasteiger partial charge in [-0.05, 0) is 267 Å². The van der Waals surface area contributed by atoms with Crippen LogP contribution in [0.15, 0.2) is 328 Å². The number of hydrogen-bond acceptors (Lipinski definition) is 0. The summed E-state index contributed by atoms with van der Waals surface area (Å²) in [5, 5.41) is 19.7. The van der Waals surface area contributed by atoms with E-state index in [1.165, 1.54) is 197 Å². The van der Waals surface area contributed by atoms with Crippen molar-refractivity contribution in [3.63, 3.8) is 0 Å². The van der Waals surface area contributed by atoms with Crippen LogP contribution in [0.25, 0.3) is 185 Å². The van der Waals surface area contributed by atoms with Gasteiger partial charge in [0.05, 0.1) is 40.7 Å². The monoisotopic (exact) mass is 1640 g/mol. The van der Waals surface area contributed by atoms with Crippen molar-refractivity contribution in [3.05, 3.63) is 373 Å². The minimum atomic E-state index is 0.383. The van der Waals surface area contributed by atoms with Crippen LogP contribution in [0.4, 0.5) is 11.4 Å². The molecule has 0 N–H and O–H groups in total. The molecule has 8 heterocycles. The third-order valence-electron chi connectivity index (χ3n) is 25.0. The zero-order valence-corrected chi connectivity index (χ0v) is 75.1. The number of benzene rings is 15. The predicted octanol–water partition coefficient (Wildman–Crippen LogP) is 33.6. The fraction of sp³-hybridized carbons (Fsp3) is 0.190. The fourth-order valence-corrected chi connectivity index (χ4v) is 20.0. The Kier molecular flexibility index (Phi) is 22.2. The van der Waals surface area contributed by atoms with Gasteiger partial charge in [-0.2, -0.15) is 0 Å². The first-order valence-corrected chi connectivity index (χ1v) is 44.5. The second-order valence-electron chi connectivity index (χ2n) is 35.5. The van der Waals surface area contributed by atoms with Gasteiger partial charge in [0.1, 0.15) is 5.65 Å². The molecule has 0 saturated carbocycles. The first kappa shape index (κ1) is 82.4. The third kappa shape index (κ3) is 14.4. The van der Waals surface area contributed by atoms with E-state index in [1.807, 2.05) is 24.3 Å². The maximum Gasteiger partial charge on any atom is 0.188 e. The number of nitrogens with zero attached hydrogens (tertiary/aromatic N) is 10. The molecule has 0 atom stereocenters. The molecule has 0 radical (unpaired) electrons. The van der Waals surface area contributed by atoms with E-state index in [1.54, 1.807) is 0 Å². The van der Waals surface area contributed by atoms with Gasteiger partial charge in [-0.15, -0.1) is 0 Å². The minimum absolute atomic E-state index is 0.383. The van der Waals surface area contributed by atoms with Gasteiger partial charge >= 0.3 is 0 Å². The molecule has 8 aromatic heterocycles. The van der Waals surface area contributed by atoms with E-state index in [0.717, 1.165) is 0 Å². The number of hydrogen-bond donors (Lipinski definition) is 0. The quantitative estimate of drug-likeness (QED) is 0.136. The van der Waals surface area contributed by atoms with Crippen LogP contribution in [0.3, 0.4) is 0 Å². The lowest BCUT2D eigenvalue weighted by Crippen LogP contribution is -2.05. The van der Waals surface area contributed by atoms with Crippen molar-refractivity contribution in [3.8, 4) is 11.4 Å². The van der Waals surface area contributed by atoms with Crippen molar-refractivity contribution in [1.29, 1.82) is 0 Å². The Morgan fingerprint density at radius 2 is 0.421 bits per heavy atom. The molecular formula is C116H108N10. The molecule has 23 aromatic rings. The van der Waals surface area contributed by atoms with E-state index < -0.39 is 0 Å². The van der Waals surface area contributed by atoms with Gasteiger partial charge in [-0.1, -0.05) is 204 Å². The molecule has 15 aromatic carbocycles. The predicted molar refractivity (Wildman–Crippen MR) is 542 cm³/mol. The second-order valence-corrected chi connectivity index (χ2v) is 35.5. The Bertz CT molecular complexity index is 8120. The molecule has 0 saturated heterocycles. The number of fused-ring (bicyclic) bond motifs is 24. The Labute approximate surface area is 737 Å². The molecule has 126 heavy (non-hydrogen) atoms. The summed E-state index contributed by atoms with van der Waals surface area (Å²) >= 11 is 0. The van der Waals surface area contributed by atoms with E-state index in [-0.39, 0.29) is 0 Å². The molecule has 10 heteroatoms. The van der Waals surface area contributed by atoms with Crippen LogP contribution >= 0.6 is 0 Å². The van der Waals surface area contributed by atoms with Gasteiger partial charge in [-0.25, -0.2) is 9.69 Å². The number of para-hydroxylation sites is 8. The Morgan fingerprint density at radius 3 is 0.794 bits per heavy atom. The molecule has 0 amide bonds. The van der Waals surface area contributed by atoms with E-state index in [9.17, 15) is 0 Å². The molecule has 0 aliphatic carbocycles. The van der Waals surface area contributed by atoms with Crippen molar-refractivity contribution in [2.24, 2.45) is 0 Å². The number of aryl methyl sites for hydroxylation is 4. The third-order valence-corrected chi connectivity index (χ3v) is 25.0. The first-order valence-electron chi connectivity index (χ1n) is 44.5. The van der Waals surface area contributed by atoms with Crippen LogP contribution in [0, 0.1) is 40.8 Å². The maximum atomic E-state index is 7.18. The number of aromatic nitrogens is 8. The van der Waals surface area contributed by atoms with Crippen molar-refractivity contribution in [2.75, 3.05) is 0 Å². The van der Waals surface area contributed by atoms with Crippen molar-refractivity contribution < 1.29 is 0 Å². The summed E-state index contributed by atoms with van der Waals surface area (Å²) in [6.45, 7) is 49.7. The topological polar surface area (TPSA) is 48.2 Å². The molecule has 0 spiro atoms. The highest BCUT2D eigenvalue weighted by molar-refractivity contribution is 6.29. The normalized spacial score (nSPS) is 11.7. The average molecular weight is 1640 g/mol. The van der Waals surface area contributed by atoms with Gasteiger partial charge in [0.25, 0.3) is 0 Å². The SMILES string of the molecule is CC(C)n1c2ccccc2c2c3c4ccccc4n(-c4ccccc4)c3ccc21.CC(C)n1c2ccccc2c2c3ccccc3n(-c3ccccc3)c21.Cc1ccc2c(c1)c1cc(C)ccc1n2C(C)C.Cc1ccc2c(c1)c1ccccc1n2C(C)C.[C-]#[N+]c1ccc2c(c1)c1cc(C)ccc1n2C(C)C.[C-]#[N+]c1ccc2c(c1)c1ccccc1n2C(C)C. The Hall–Kier alpha value is -14.6. The van der Waals surface area contributed by atoms with Gasteiger partial charge in [0.2, 0.25) is 0 Å². The molecule has 0 unspecified atom stereocenters. The van der Waals surface area contributed by atoms with E-state index in [2.05, 4.69) is 460 Å². The fourth-order valence-electron chi connectivity index (χ4n) is 20.0. The van der Waals surface area contributed by atoms with E-state index >= 15 is 0 Å². The van der Waals surface area contributed by atoms with Crippen molar-refractivity contribution in [2.45, 2.75) is 147 Å². The van der Waals surface area contributed by atoms with Gasteiger partial charge in [0.15, 0.2) is 11.4 Å². The van der Waals surface area contributed by atoms with Crippen LogP contribution in [0.2, 0.25) is 0 Å². The Balaban J connectivity index is 0.000000104. The zero-order chi connectivity index (χ0) is 87.6. The first-order chi connectivity index (χ1) is 61.1. The second kappa shape index (κ2) is 33.9. The summed E-state index contributed by atoms with van der Waals surface area (Å²) in [5.41, 5.74) is 28.3. The van der Waals surface area contributed by atoms with Crippen LogP contribution in [0.1, 0.15) is 142 Å². The van der Waals surface area contributed by atoms with Gasteiger partial charge < -0.3 is 32.0 Å². The molecule has 0 fully saturated rings. The van der Waals surface area contributed by atoms with Crippen LogP contribution in [0.5, 0.6) is 0 Å². The van der Waals surface area contributed by atoms with E-state index in [0.29, 0.717) is 47.6 Å². The van der Waals surface area contributed by atoms with Crippen molar-refractivity contribution in [1.82, 2.24) is 36.5 Å². The summed E-state index contributed by atoms with van der Waals surface area (Å²) in [7, 11) is 0. The Morgan fingerprint density at radius 1 is 0.190 bits per heavy atom. The zero-order valence-electron chi connectivity index (χ0n) is 75.1. The summed E-state index contributed by atoms with van der Waals surface area (Å²) in [5.74, 6) is 0. The number of rotatable bonds is 8. The van der Waals surface area contributed by atoms with Gasteiger partial charge in [0, 0.05) is 167 Å². The lowest BCUT2D eigenvalue weighted by molar-refractivity contribution is 0.634. The highest BCUT2D eigenvalue weighted by atomic mass is 15.2. The molecule has 10 nitrogen and oxygen atoms in total. The highest BCUT2D eigenvalue weighted by Gasteiger charge is 2.25. The minimum Gasteiger partial charge on any atom is -0.338 e. The lowest BCUT2D eigenvalue weighted by atomic mass is 10.1. The largest absolute Gasteiger partial charge is 0.338 e. The maximum absolute atomic E-state index is 7.18. The molecule has 0 aliphatic rings. The molecule has 0 bridgehead atoms. The molecule has 0 aliphatic heterocycles. The lowest BCUT2D eigenvalue weighted by Gasteiger charge is -2.15.